The minimum absolute atomic E-state index is 0.0717. The number of aliphatic imine (C=N–C) groups is 1. The average molecular weight is 436 g/mol. The number of hydrogen-bond donors (Lipinski definition) is 2. The number of hydrogen-bond acceptors (Lipinski definition) is 6. The summed E-state index contributed by atoms with van der Waals surface area (Å²) in [5.41, 5.74) is 1.08. The number of nitrogens with zero attached hydrogens (tertiary/aromatic N) is 2. The first-order chi connectivity index (χ1) is 12.3. The number of aromatic hydroxyl groups is 1. The molecule has 2 aromatic carbocycles. The molecule has 0 aliphatic rings. The Labute approximate surface area is 158 Å². The molecular weight excluding hydrogens is 422 g/mol. The normalized spacial score (nSPS) is 11.8. The van der Waals surface area contributed by atoms with E-state index >= 15 is 0 Å². The van der Waals surface area contributed by atoms with E-state index in [0.717, 1.165) is 4.47 Å². The van der Waals surface area contributed by atoms with Crippen molar-refractivity contribution in [1.82, 2.24) is 5.16 Å². The third-order valence-electron chi connectivity index (χ3n) is 3.36. The molecular formula is C17H14BrN3O4S. The first-order valence-corrected chi connectivity index (χ1v) is 9.70. The van der Waals surface area contributed by atoms with Crippen LogP contribution in [0.5, 0.6) is 5.75 Å². The fourth-order valence-electron chi connectivity index (χ4n) is 2.10. The summed E-state index contributed by atoms with van der Waals surface area (Å²) in [6, 6.07) is 12.5. The molecule has 7 nitrogen and oxygen atoms in total. The Balaban J connectivity index is 1.77. The molecule has 134 valence electrons. The number of nitrogens with one attached hydrogen (secondary N) is 1. The summed E-state index contributed by atoms with van der Waals surface area (Å²) in [6.45, 7) is 1.67. The lowest BCUT2D eigenvalue weighted by atomic mass is 10.2. The molecule has 1 aromatic heterocycles. The number of aromatic nitrogens is 1. The van der Waals surface area contributed by atoms with Gasteiger partial charge in [0.15, 0.2) is 5.82 Å². The molecule has 0 radical (unpaired) electrons. The number of phenols is 1. The molecule has 9 heteroatoms. The third-order valence-corrected chi connectivity index (χ3v) is 5.22. The zero-order valence-electron chi connectivity index (χ0n) is 13.5. The maximum absolute atomic E-state index is 12.3. The van der Waals surface area contributed by atoms with E-state index in [4.69, 9.17) is 4.52 Å². The zero-order valence-corrected chi connectivity index (χ0v) is 16.0. The number of rotatable bonds is 5. The van der Waals surface area contributed by atoms with Gasteiger partial charge in [0.25, 0.3) is 10.0 Å². The van der Waals surface area contributed by atoms with Crippen LogP contribution in [0.1, 0.15) is 11.3 Å². The van der Waals surface area contributed by atoms with Crippen molar-refractivity contribution in [2.24, 2.45) is 4.99 Å². The second-order valence-corrected chi connectivity index (χ2v) is 7.98. The number of aryl methyl sites for hydroxylation is 1. The highest BCUT2D eigenvalue weighted by atomic mass is 79.9. The third kappa shape index (κ3) is 4.30. The highest BCUT2D eigenvalue weighted by Gasteiger charge is 2.16. The van der Waals surface area contributed by atoms with E-state index in [9.17, 15) is 13.5 Å². The maximum Gasteiger partial charge on any atom is 0.263 e. The van der Waals surface area contributed by atoms with E-state index in [0.29, 0.717) is 17.0 Å². The summed E-state index contributed by atoms with van der Waals surface area (Å²) >= 11 is 3.32. The van der Waals surface area contributed by atoms with Crippen molar-refractivity contribution in [3.8, 4) is 5.75 Å². The van der Waals surface area contributed by atoms with Gasteiger partial charge in [-0.25, -0.2) is 8.42 Å². The molecule has 0 fully saturated rings. The molecule has 0 atom stereocenters. The molecule has 1 heterocycles. The second-order valence-electron chi connectivity index (χ2n) is 5.38. The van der Waals surface area contributed by atoms with E-state index in [2.05, 4.69) is 30.8 Å². The van der Waals surface area contributed by atoms with Crippen molar-refractivity contribution in [3.63, 3.8) is 0 Å². The van der Waals surface area contributed by atoms with Crippen LogP contribution in [0.3, 0.4) is 0 Å². The summed E-state index contributed by atoms with van der Waals surface area (Å²) in [7, 11) is -3.77. The van der Waals surface area contributed by atoms with E-state index in [1.807, 2.05) is 0 Å². The predicted molar refractivity (Wildman–Crippen MR) is 102 cm³/mol. The van der Waals surface area contributed by atoms with Gasteiger partial charge in [-0.1, -0.05) is 21.1 Å². The van der Waals surface area contributed by atoms with Crippen LogP contribution in [-0.2, 0) is 10.0 Å². The molecule has 0 amide bonds. The number of phenolic OH excluding ortho intramolecular Hbond substituents is 1. The summed E-state index contributed by atoms with van der Waals surface area (Å²) in [6.07, 6.45) is 1.50. The Hall–Kier alpha value is -2.65. The van der Waals surface area contributed by atoms with Crippen LogP contribution in [-0.4, -0.2) is 24.9 Å². The van der Waals surface area contributed by atoms with Gasteiger partial charge in [0.05, 0.1) is 10.6 Å². The van der Waals surface area contributed by atoms with Crippen LogP contribution >= 0.6 is 15.9 Å². The lowest BCUT2D eigenvalue weighted by Crippen LogP contribution is -2.12. The fourth-order valence-corrected chi connectivity index (χ4v) is 3.46. The molecule has 0 aliphatic carbocycles. The van der Waals surface area contributed by atoms with Gasteiger partial charge in [0.2, 0.25) is 0 Å². The highest BCUT2D eigenvalue weighted by molar-refractivity contribution is 9.10. The van der Waals surface area contributed by atoms with Gasteiger partial charge in [0.1, 0.15) is 11.5 Å². The summed E-state index contributed by atoms with van der Waals surface area (Å²) in [4.78, 5) is 4.31. The highest BCUT2D eigenvalue weighted by Crippen LogP contribution is 2.22. The molecule has 0 unspecified atom stereocenters. The minimum atomic E-state index is -3.77. The molecule has 26 heavy (non-hydrogen) atoms. The van der Waals surface area contributed by atoms with Crippen LogP contribution in [0.4, 0.5) is 11.5 Å². The number of anilines is 1. The van der Waals surface area contributed by atoms with Gasteiger partial charge in [-0.2, -0.15) is 0 Å². The monoisotopic (exact) mass is 435 g/mol. The fraction of sp³-hybridized carbons (Fsp3) is 0.0588. The molecule has 0 saturated carbocycles. The lowest BCUT2D eigenvalue weighted by molar-refractivity contribution is 0.400. The van der Waals surface area contributed by atoms with Gasteiger partial charge in [-0.05, 0) is 49.4 Å². The van der Waals surface area contributed by atoms with Crippen LogP contribution in [0.15, 0.2) is 67.4 Å². The van der Waals surface area contributed by atoms with Crippen LogP contribution < -0.4 is 4.72 Å². The minimum Gasteiger partial charge on any atom is -0.507 e. The van der Waals surface area contributed by atoms with Gasteiger partial charge < -0.3 is 9.63 Å². The Bertz CT molecular complexity index is 1060. The zero-order chi connectivity index (χ0) is 18.7. The smallest absolute Gasteiger partial charge is 0.263 e. The van der Waals surface area contributed by atoms with Gasteiger partial charge in [0, 0.05) is 22.3 Å². The topological polar surface area (TPSA) is 105 Å². The first-order valence-electron chi connectivity index (χ1n) is 7.42. The van der Waals surface area contributed by atoms with Crippen molar-refractivity contribution in [2.75, 3.05) is 4.72 Å². The van der Waals surface area contributed by atoms with E-state index in [-0.39, 0.29) is 16.5 Å². The van der Waals surface area contributed by atoms with E-state index in [1.165, 1.54) is 24.4 Å². The Kier molecular flexibility index (Phi) is 5.10. The van der Waals surface area contributed by atoms with Crippen LogP contribution in [0.2, 0.25) is 0 Å². The van der Waals surface area contributed by atoms with E-state index < -0.39 is 10.0 Å². The van der Waals surface area contributed by atoms with Crippen molar-refractivity contribution >= 4 is 43.7 Å². The van der Waals surface area contributed by atoms with Gasteiger partial charge in [-0.15, -0.1) is 0 Å². The molecule has 0 spiro atoms. The summed E-state index contributed by atoms with van der Waals surface area (Å²) < 4.78 is 32.6. The molecule has 3 rings (SSSR count). The molecule has 0 saturated heterocycles. The Morgan fingerprint density at radius 3 is 2.58 bits per heavy atom. The molecule has 2 N–H and O–H groups in total. The predicted octanol–water partition coefficient (Wildman–Crippen LogP) is 4.00. The van der Waals surface area contributed by atoms with Crippen molar-refractivity contribution in [2.45, 2.75) is 11.8 Å². The largest absolute Gasteiger partial charge is 0.507 e. The Morgan fingerprint density at radius 2 is 1.92 bits per heavy atom. The van der Waals surface area contributed by atoms with Gasteiger partial charge in [-0.3, -0.25) is 9.71 Å². The lowest BCUT2D eigenvalue weighted by Gasteiger charge is -2.05. The summed E-state index contributed by atoms with van der Waals surface area (Å²) in [5, 5.41) is 13.4. The first kappa shape index (κ1) is 18.2. The number of benzene rings is 2. The van der Waals surface area contributed by atoms with Gasteiger partial charge >= 0.3 is 0 Å². The van der Waals surface area contributed by atoms with E-state index in [1.54, 1.807) is 37.3 Å². The van der Waals surface area contributed by atoms with Crippen molar-refractivity contribution in [1.29, 1.82) is 0 Å². The van der Waals surface area contributed by atoms with Crippen LogP contribution in [0.25, 0.3) is 0 Å². The molecule has 0 aliphatic heterocycles. The van der Waals surface area contributed by atoms with Crippen LogP contribution in [0, 0.1) is 6.92 Å². The maximum atomic E-state index is 12.3. The Morgan fingerprint density at radius 1 is 1.19 bits per heavy atom. The summed E-state index contributed by atoms with van der Waals surface area (Å²) in [5.74, 6) is 0.723. The van der Waals surface area contributed by atoms with Crippen molar-refractivity contribution in [3.05, 3.63) is 64.3 Å². The number of halogens is 1. The standard InChI is InChI=1S/C17H14BrN3O4S/c1-11-8-17(20-25-11)21-26(23,24)15-5-3-14(4-6-15)19-10-12-9-13(18)2-7-16(12)22/h2-10,22H,1H3,(H,20,21). The molecule has 3 aromatic rings. The van der Waals surface area contributed by atoms with Crippen molar-refractivity contribution < 1.29 is 18.0 Å². The quantitative estimate of drug-likeness (QED) is 0.589. The molecule has 0 bridgehead atoms. The number of sulfonamides is 1. The SMILES string of the molecule is Cc1cc(NS(=O)(=O)c2ccc(N=Cc3cc(Br)ccc3O)cc2)no1. The second kappa shape index (κ2) is 7.30. The average Bonchev–Trinajstić information content (AvgIpc) is 3.00.